The number of carbonyl (C=O) groups is 1. The van der Waals surface area contributed by atoms with E-state index in [-0.39, 0.29) is 22.5 Å². The Labute approximate surface area is 255 Å². The van der Waals surface area contributed by atoms with Crippen LogP contribution in [0.25, 0.3) is 0 Å². The number of allylic oxidation sites excluding steroid dienone is 6. The molecule has 0 unspecified atom stereocenters. The van der Waals surface area contributed by atoms with Crippen LogP contribution in [0.2, 0.25) is 0 Å². The lowest BCUT2D eigenvalue weighted by Gasteiger charge is -2.54. The second-order valence-electron chi connectivity index (χ2n) is 14.4. The molecule has 8 heteroatoms. The Balaban J connectivity index is 1.29. The van der Waals surface area contributed by atoms with Crippen molar-refractivity contribution in [1.82, 2.24) is 0 Å². The zero-order valence-corrected chi connectivity index (χ0v) is 26.4. The van der Waals surface area contributed by atoms with Crippen LogP contribution in [0.1, 0.15) is 103 Å². The second-order valence-corrected chi connectivity index (χ2v) is 14.4. The summed E-state index contributed by atoms with van der Waals surface area (Å²) >= 11 is 0. The van der Waals surface area contributed by atoms with Crippen LogP contribution in [0.15, 0.2) is 53.1 Å². The molecular formula is C35H46N2O6. The molecule has 1 fully saturated rings. The Morgan fingerprint density at radius 1 is 0.953 bits per heavy atom. The molecule has 0 heterocycles. The lowest BCUT2D eigenvalue weighted by atomic mass is 9.51. The number of carbonyl (C=O) groups excluding carboxylic acids is 1. The Bertz CT molecular complexity index is 1380. The van der Waals surface area contributed by atoms with E-state index in [1.54, 1.807) is 16.7 Å². The number of ether oxygens (including phenoxy) is 1. The predicted molar refractivity (Wildman–Crippen MR) is 166 cm³/mol. The van der Waals surface area contributed by atoms with Gasteiger partial charge in [-0.2, -0.15) is 0 Å². The standard InChI is InChI=1S/C35H46N2O6/c1-21(2)22(3)7-8-23(4)30-11-12-31-29-10-9-25-19-28(13-15-34(25,5)32(29)14-16-35(30,31)6)43-33(38)24-17-26(36(39)40)20-27(18-24)37(41)42/h7-8,12,17-18,20-23,25,28,30H,9-11,13-16,19H2,1-6H3/b8-7+/t22-,23+,25+,28+,30-,34+,35+/m0/s1. The van der Waals surface area contributed by atoms with Crippen LogP contribution in [-0.2, 0) is 4.74 Å². The van der Waals surface area contributed by atoms with Gasteiger partial charge in [0.05, 0.1) is 21.5 Å². The molecule has 0 N–H and O–H groups in total. The molecule has 0 spiro atoms. The summed E-state index contributed by atoms with van der Waals surface area (Å²) in [6.45, 7) is 14.2. The van der Waals surface area contributed by atoms with Gasteiger partial charge in [0.2, 0.25) is 0 Å². The topological polar surface area (TPSA) is 113 Å². The molecule has 8 nitrogen and oxygen atoms in total. The first kappa shape index (κ1) is 31.1. The third-order valence-corrected chi connectivity index (χ3v) is 11.7. The highest BCUT2D eigenvalue weighted by molar-refractivity contribution is 5.91. The minimum Gasteiger partial charge on any atom is -0.459 e. The van der Waals surface area contributed by atoms with Crippen molar-refractivity contribution in [2.24, 2.45) is 40.4 Å². The average Bonchev–Trinajstić information content (AvgIpc) is 3.32. The summed E-state index contributed by atoms with van der Waals surface area (Å²) in [6, 6.07) is 2.98. The molecule has 0 saturated heterocycles. The summed E-state index contributed by atoms with van der Waals surface area (Å²) in [4.78, 5) is 34.1. The second kappa shape index (κ2) is 11.7. The monoisotopic (exact) mass is 590 g/mol. The number of nitrogens with zero attached hydrogens (tertiary/aromatic N) is 2. The zero-order chi connectivity index (χ0) is 31.3. The zero-order valence-electron chi connectivity index (χ0n) is 26.4. The largest absolute Gasteiger partial charge is 0.459 e. The average molecular weight is 591 g/mol. The first-order valence-corrected chi connectivity index (χ1v) is 16.0. The maximum atomic E-state index is 13.0. The van der Waals surface area contributed by atoms with Crippen LogP contribution >= 0.6 is 0 Å². The summed E-state index contributed by atoms with van der Waals surface area (Å²) in [5, 5.41) is 22.6. The molecule has 0 aliphatic heterocycles. The van der Waals surface area contributed by atoms with Crippen molar-refractivity contribution in [1.29, 1.82) is 0 Å². The number of hydrogen-bond acceptors (Lipinski definition) is 6. The van der Waals surface area contributed by atoms with Gasteiger partial charge in [0.25, 0.3) is 11.4 Å². The molecule has 232 valence electrons. The van der Waals surface area contributed by atoms with Gasteiger partial charge in [-0.05, 0) is 103 Å². The number of hydrogen-bond donors (Lipinski definition) is 0. The molecule has 1 aromatic rings. The van der Waals surface area contributed by atoms with Crippen molar-refractivity contribution >= 4 is 17.3 Å². The van der Waals surface area contributed by atoms with E-state index in [0.29, 0.717) is 36.0 Å². The highest BCUT2D eigenvalue weighted by Gasteiger charge is 2.53. The van der Waals surface area contributed by atoms with Crippen LogP contribution in [-0.4, -0.2) is 21.9 Å². The third kappa shape index (κ3) is 5.69. The first-order chi connectivity index (χ1) is 20.2. The number of fused-ring (bicyclic) bond motifs is 4. The van der Waals surface area contributed by atoms with Crippen LogP contribution in [0.4, 0.5) is 11.4 Å². The molecule has 43 heavy (non-hydrogen) atoms. The van der Waals surface area contributed by atoms with Crippen molar-refractivity contribution in [3.05, 3.63) is 78.9 Å². The van der Waals surface area contributed by atoms with Crippen molar-refractivity contribution in [3.63, 3.8) is 0 Å². The molecule has 1 saturated carbocycles. The summed E-state index contributed by atoms with van der Waals surface area (Å²) < 4.78 is 5.84. The maximum Gasteiger partial charge on any atom is 0.338 e. The smallest absolute Gasteiger partial charge is 0.338 e. The molecule has 0 amide bonds. The van der Waals surface area contributed by atoms with Gasteiger partial charge in [0, 0.05) is 12.1 Å². The number of nitro benzene ring substituents is 2. The third-order valence-electron chi connectivity index (χ3n) is 11.7. The number of nitro groups is 2. The molecule has 4 aliphatic carbocycles. The van der Waals surface area contributed by atoms with E-state index in [4.69, 9.17) is 4.74 Å². The van der Waals surface area contributed by atoms with Crippen molar-refractivity contribution in [3.8, 4) is 0 Å². The summed E-state index contributed by atoms with van der Waals surface area (Å²) in [7, 11) is 0. The SMILES string of the molecule is CC(C)[C@@H](C)/C=C/[C@@H](C)[C@@H]1CC=C2C3=C(CC[C@@]21C)[C@]1(C)CC[C@@H](OC(=O)c2cc([N+](=O)[O-])cc([N+](=O)[O-])c2)C[C@H]1CC3. The van der Waals surface area contributed by atoms with E-state index < -0.39 is 27.2 Å². The molecule has 1 aromatic carbocycles. The fraction of sp³-hybridized carbons (Fsp3) is 0.629. The molecule has 5 rings (SSSR count). The molecule has 0 radical (unpaired) electrons. The highest BCUT2D eigenvalue weighted by atomic mass is 16.6. The number of rotatable bonds is 8. The van der Waals surface area contributed by atoms with E-state index in [1.807, 2.05) is 0 Å². The van der Waals surface area contributed by atoms with E-state index >= 15 is 0 Å². The fourth-order valence-electron chi connectivity index (χ4n) is 8.60. The van der Waals surface area contributed by atoms with Gasteiger partial charge in [-0.15, -0.1) is 0 Å². The Morgan fingerprint density at radius 2 is 1.63 bits per heavy atom. The van der Waals surface area contributed by atoms with Gasteiger partial charge in [0.15, 0.2) is 0 Å². The minimum atomic E-state index is -0.738. The Kier molecular flexibility index (Phi) is 8.45. The van der Waals surface area contributed by atoms with Crippen molar-refractivity contribution in [2.45, 2.75) is 99.0 Å². The summed E-state index contributed by atoms with van der Waals surface area (Å²) in [6.07, 6.45) is 15.0. The number of benzene rings is 1. The highest BCUT2D eigenvalue weighted by Crippen LogP contribution is 2.64. The number of non-ortho nitro benzene ring substituents is 2. The maximum absolute atomic E-state index is 13.0. The van der Waals surface area contributed by atoms with E-state index in [9.17, 15) is 25.0 Å². The molecule has 4 aliphatic rings. The van der Waals surface area contributed by atoms with E-state index in [0.717, 1.165) is 56.7 Å². The van der Waals surface area contributed by atoms with E-state index in [2.05, 4.69) is 59.8 Å². The van der Waals surface area contributed by atoms with Crippen molar-refractivity contribution < 1.29 is 19.4 Å². The molecular weight excluding hydrogens is 544 g/mol. The minimum absolute atomic E-state index is 0.0687. The van der Waals surface area contributed by atoms with Crippen molar-refractivity contribution in [2.75, 3.05) is 0 Å². The number of esters is 1. The predicted octanol–water partition coefficient (Wildman–Crippen LogP) is 9.16. The molecule has 0 bridgehead atoms. The van der Waals surface area contributed by atoms with Crippen LogP contribution < -0.4 is 0 Å². The lowest BCUT2D eigenvalue weighted by molar-refractivity contribution is -0.394. The molecule has 0 aromatic heterocycles. The van der Waals surface area contributed by atoms with Gasteiger partial charge < -0.3 is 4.74 Å². The molecule has 7 atom stereocenters. The van der Waals surface area contributed by atoms with Gasteiger partial charge in [-0.25, -0.2) is 4.79 Å². The Hall–Kier alpha value is -3.29. The lowest BCUT2D eigenvalue weighted by Crippen LogP contribution is -2.44. The van der Waals surface area contributed by atoms with Gasteiger partial charge >= 0.3 is 5.97 Å². The van der Waals surface area contributed by atoms with Crippen LogP contribution in [0.5, 0.6) is 0 Å². The van der Waals surface area contributed by atoms with Gasteiger partial charge in [-0.1, -0.05) is 65.3 Å². The van der Waals surface area contributed by atoms with Gasteiger partial charge in [-0.3, -0.25) is 20.2 Å². The fourth-order valence-corrected chi connectivity index (χ4v) is 8.60. The quantitative estimate of drug-likeness (QED) is 0.129. The summed E-state index contributed by atoms with van der Waals surface area (Å²) in [5.41, 5.74) is 3.95. The summed E-state index contributed by atoms with van der Waals surface area (Å²) in [5.74, 6) is 2.04. The normalized spacial score (nSPS) is 31.6. The Morgan fingerprint density at radius 3 is 2.26 bits per heavy atom. The van der Waals surface area contributed by atoms with E-state index in [1.165, 1.54) is 6.42 Å². The van der Waals surface area contributed by atoms with Crippen LogP contribution in [0, 0.1) is 60.6 Å². The van der Waals surface area contributed by atoms with Crippen LogP contribution in [0.3, 0.4) is 0 Å². The van der Waals surface area contributed by atoms with Gasteiger partial charge in [0.1, 0.15) is 6.10 Å². The first-order valence-electron chi connectivity index (χ1n) is 16.0.